The molecule has 0 aromatic carbocycles. The molecule has 0 N–H and O–H groups in total. The molecule has 0 nitrogen and oxygen atoms in total. The van der Waals surface area contributed by atoms with Crippen molar-refractivity contribution in [3.8, 4) is 0 Å². The summed E-state index contributed by atoms with van der Waals surface area (Å²) in [5.74, 6) is 0. The number of hydrogen-bond donors (Lipinski definition) is 0. The molecular formula is C6H9ClF6. The summed E-state index contributed by atoms with van der Waals surface area (Å²) in [6.45, 7) is 3.86. The number of alkyl halides is 7. The van der Waals surface area contributed by atoms with Crippen LogP contribution in [-0.4, -0.2) is 24.2 Å². The molecule has 13 heavy (non-hydrogen) atoms. The topological polar surface area (TPSA) is 0 Å². The highest BCUT2D eigenvalue weighted by atomic mass is 35.5. The van der Waals surface area contributed by atoms with E-state index in [2.05, 4.69) is 0 Å². The first kappa shape index (κ1) is 15.3. The molecule has 0 rings (SSSR count). The van der Waals surface area contributed by atoms with Crippen LogP contribution in [0.5, 0.6) is 0 Å². The highest BCUT2D eigenvalue weighted by Crippen LogP contribution is 2.27. The van der Waals surface area contributed by atoms with Crippen molar-refractivity contribution in [2.75, 3.05) is 0 Å². The Labute approximate surface area is 76.9 Å². The maximum Gasteiger partial charge on any atom is 0.425 e. The molecule has 82 valence electrons. The highest BCUT2D eigenvalue weighted by Gasteiger charge is 2.46. The van der Waals surface area contributed by atoms with E-state index in [0.717, 1.165) is 0 Å². The van der Waals surface area contributed by atoms with Crippen molar-refractivity contribution in [3.05, 3.63) is 0 Å². The molecule has 0 saturated carbocycles. The minimum absolute atomic E-state index is 0.306. The van der Waals surface area contributed by atoms with Gasteiger partial charge in [0.25, 0.3) is 12.6 Å². The fourth-order valence-electron chi connectivity index (χ4n) is 0.143. The summed E-state index contributed by atoms with van der Waals surface area (Å²) in [7, 11) is 0. The molecule has 0 fully saturated rings. The van der Waals surface area contributed by atoms with Crippen LogP contribution in [-0.2, 0) is 0 Å². The molecule has 0 aromatic heterocycles. The van der Waals surface area contributed by atoms with Crippen LogP contribution in [0.2, 0.25) is 0 Å². The Balaban J connectivity index is 0. The second kappa shape index (κ2) is 6.34. The van der Waals surface area contributed by atoms with E-state index < -0.39 is 18.8 Å². The zero-order valence-electron chi connectivity index (χ0n) is 6.88. The molecule has 0 saturated heterocycles. The van der Waals surface area contributed by atoms with Gasteiger partial charge in [-0.2, -0.15) is 13.2 Å². The maximum absolute atomic E-state index is 11.2. The van der Waals surface area contributed by atoms with E-state index in [9.17, 15) is 26.3 Å². The van der Waals surface area contributed by atoms with E-state index in [0.29, 0.717) is 5.38 Å². The molecule has 0 aliphatic rings. The first-order chi connectivity index (χ1) is 5.59. The van der Waals surface area contributed by atoms with Gasteiger partial charge in [-0.05, 0) is 13.8 Å². The molecule has 0 aromatic rings. The Morgan fingerprint density at radius 3 is 1.23 bits per heavy atom. The first-order valence-corrected chi connectivity index (χ1v) is 3.65. The molecule has 0 amide bonds. The van der Waals surface area contributed by atoms with E-state index in [1.54, 1.807) is 0 Å². The minimum Gasteiger partial charge on any atom is -0.231 e. The summed E-state index contributed by atoms with van der Waals surface area (Å²) in [6, 6.07) is 0. The summed E-state index contributed by atoms with van der Waals surface area (Å²) < 4.78 is 65.4. The maximum atomic E-state index is 11.2. The van der Waals surface area contributed by atoms with Crippen LogP contribution in [0.4, 0.5) is 26.3 Å². The lowest BCUT2D eigenvalue weighted by Crippen LogP contribution is -2.30. The lowest BCUT2D eigenvalue weighted by Gasteiger charge is -2.09. The van der Waals surface area contributed by atoms with Gasteiger partial charge >= 0.3 is 6.18 Å². The first-order valence-electron chi connectivity index (χ1n) is 3.22. The Bertz CT molecular complexity index is 118. The standard InChI is InChI=1S/C3H7Cl.C3H2F6/c1-3(2)4;4-1(2(5)6)3(7,8)9/h3H,1-2H3;1-2H. The van der Waals surface area contributed by atoms with Crippen LogP contribution in [0.1, 0.15) is 13.8 Å². The fraction of sp³-hybridized carbons (Fsp3) is 1.00. The zero-order valence-corrected chi connectivity index (χ0v) is 7.63. The Hall–Kier alpha value is -0.130. The van der Waals surface area contributed by atoms with Crippen LogP contribution >= 0.6 is 11.6 Å². The molecule has 0 bridgehead atoms. The van der Waals surface area contributed by atoms with E-state index in [4.69, 9.17) is 11.6 Å². The van der Waals surface area contributed by atoms with Gasteiger partial charge in [-0.1, -0.05) is 0 Å². The van der Waals surface area contributed by atoms with Crippen molar-refractivity contribution < 1.29 is 26.3 Å². The number of rotatable bonds is 1. The average Bonchev–Trinajstić information content (AvgIpc) is 1.82. The quantitative estimate of drug-likeness (QED) is 0.475. The fourth-order valence-corrected chi connectivity index (χ4v) is 0.143. The number of hydrogen-bond acceptors (Lipinski definition) is 0. The van der Waals surface area contributed by atoms with Gasteiger partial charge in [0.15, 0.2) is 0 Å². The average molecular weight is 231 g/mol. The predicted octanol–water partition coefficient (Wildman–Crippen LogP) is 3.79. The largest absolute Gasteiger partial charge is 0.425 e. The molecule has 0 aliphatic heterocycles. The van der Waals surface area contributed by atoms with Crippen LogP contribution < -0.4 is 0 Å². The van der Waals surface area contributed by atoms with Crippen molar-refractivity contribution in [3.63, 3.8) is 0 Å². The predicted molar refractivity (Wildman–Crippen MR) is 37.9 cm³/mol. The molecule has 1 atom stereocenters. The second-order valence-corrected chi connectivity index (χ2v) is 3.16. The summed E-state index contributed by atoms with van der Waals surface area (Å²) in [5, 5.41) is 0.306. The van der Waals surface area contributed by atoms with E-state index >= 15 is 0 Å². The third kappa shape index (κ3) is 11.9. The summed E-state index contributed by atoms with van der Waals surface area (Å²) in [5.41, 5.74) is 0. The molecular weight excluding hydrogens is 222 g/mol. The SMILES string of the molecule is CC(C)Cl.FC(F)C(F)C(F)(F)F. The third-order valence-corrected chi connectivity index (χ3v) is 0.534. The van der Waals surface area contributed by atoms with E-state index in [-0.39, 0.29) is 0 Å². The zero-order chi connectivity index (χ0) is 11.2. The van der Waals surface area contributed by atoms with Crippen molar-refractivity contribution >= 4 is 11.6 Å². The van der Waals surface area contributed by atoms with Gasteiger partial charge in [0.2, 0.25) is 0 Å². The molecule has 1 unspecified atom stereocenters. The number of halogens is 7. The Kier molecular flexibility index (Phi) is 7.49. The minimum atomic E-state index is -5.44. The van der Waals surface area contributed by atoms with Crippen molar-refractivity contribution in [2.45, 2.75) is 38.0 Å². The van der Waals surface area contributed by atoms with Crippen LogP contribution in [0.15, 0.2) is 0 Å². The van der Waals surface area contributed by atoms with Crippen molar-refractivity contribution in [1.29, 1.82) is 0 Å². The van der Waals surface area contributed by atoms with E-state index in [1.165, 1.54) is 0 Å². The van der Waals surface area contributed by atoms with Crippen LogP contribution in [0.25, 0.3) is 0 Å². The molecule has 0 spiro atoms. The third-order valence-electron chi connectivity index (χ3n) is 0.534. The molecule has 7 heteroatoms. The van der Waals surface area contributed by atoms with Crippen LogP contribution in [0, 0.1) is 0 Å². The smallest absolute Gasteiger partial charge is 0.231 e. The van der Waals surface area contributed by atoms with Gasteiger partial charge < -0.3 is 0 Å². The lowest BCUT2D eigenvalue weighted by molar-refractivity contribution is -0.211. The molecule has 0 heterocycles. The van der Waals surface area contributed by atoms with Crippen molar-refractivity contribution in [1.82, 2.24) is 0 Å². The van der Waals surface area contributed by atoms with Gasteiger partial charge in [-0.25, -0.2) is 13.2 Å². The van der Waals surface area contributed by atoms with E-state index in [1.807, 2.05) is 13.8 Å². The van der Waals surface area contributed by atoms with Gasteiger partial charge in [0.1, 0.15) is 0 Å². The normalized spacial score (nSPS) is 14.1. The summed E-state index contributed by atoms with van der Waals surface area (Å²) in [6.07, 6.45) is -13.4. The summed E-state index contributed by atoms with van der Waals surface area (Å²) >= 11 is 5.27. The molecule has 0 aliphatic carbocycles. The summed E-state index contributed by atoms with van der Waals surface area (Å²) in [4.78, 5) is 0. The Morgan fingerprint density at radius 1 is 1.00 bits per heavy atom. The van der Waals surface area contributed by atoms with Gasteiger partial charge in [0, 0.05) is 5.38 Å². The van der Waals surface area contributed by atoms with Crippen LogP contribution in [0.3, 0.4) is 0 Å². The highest BCUT2D eigenvalue weighted by molar-refractivity contribution is 6.20. The second-order valence-electron chi connectivity index (χ2n) is 2.29. The Morgan fingerprint density at radius 2 is 1.23 bits per heavy atom. The molecule has 0 radical (unpaired) electrons. The monoisotopic (exact) mass is 230 g/mol. The van der Waals surface area contributed by atoms with Gasteiger partial charge in [-0.3, -0.25) is 0 Å². The van der Waals surface area contributed by atoms with Gasteiger partial charge in [-0.15, -0.1) is 11.6 Å². The van der Waals surface area contributed by atoms with Crippen molar-refractivity contribution in [2.24, 2.45) is 0 Å². The lowest BCUT2D eigenvalue weighted by atomic mass is 10.4. The van der Waals surface area contributed by atoms with Gasteiger partial charge in [0.05, 0.1) is 0 Å².